The van der Waals surface area contributed by atoms with Crippen molar-refractivity contribution in [2.75, 3.05) is 5.73 Å². The van der Waals surface area contributed by atoms with E-state index >= 15 is 0 Å². The van der Waals surface area contributed by atoms with Gasteiger partial charge >= 0.3 is 0 Å². The third-order valence-corrected chi connectivity index (χ3v) is 3.47. The van der Waals surface area contributed by atoms with Gasteiger partial charge in [-0.25, -0.2) is 9.97 Å². The van der Waals surface area contributed by atoms with E-state index in [9.17, 15) is 10.2 Å². The Morgan fingerprint density at radius 2 is 1.94 bits per heavy atom. The van der Waals surface area contributed by atoms with Crippen LogP contribution in [0, 0.1) is 3.57 Å². The third-order valence-electron chi connectivity index (χ3n) is 2.45. The third kappa shape index (κ3) is 1.97. The Bertz CT molecular complexity index is 599. The predicted molar refractivity (Wildman–Crippen MR) is 74.1 cm³/mol. The van der Waals surface area contributed by atoms with E-state index in [0.29, 0.717) is 26.1 Å². The first-order valence-corrected chi connectivity index (χ1v) is 6.17. The largest absolute Gasteiger partial charge is 0.504 e. The molecule has 90 valence electrons. The summed E-state index contributed by atoms with van der Waals surface area (Å²) in [6, 6.07) is 1.38. The van der Waals surface area contributed by atoms with Crippen molar-refractivity contribution in [2.24, 2.45) is 0 Å². The number of aromatic nitrogens is 2. The number of nitrogens with two attached hydrogens (primary N) is 1. The molecule has 2 rings (SSSR count). The average Bonchev–Trinajstić information content (AvgIpc) is 2.27. The highest BCUT2D eigenvalue weighted by molar-refractivity contribution is 14.1. The number of rotatable bonds is 1. The van der Waals surface area contributed by atoms with Crippen molar-refractivity contribution in [3.05, 3.63) is 15.5 Å². The van der Waals surface area contributed by atoms with Crippen molar-refractivity contribution in [1.29, 1.82) is 0 Å². The second kappa shape index (κ2) is 4.17. The second-order valence-electron chi connectivity index (χ2n) is 4.08. The number of nitrogen functional groups attached to an aromatic ring is 1. The molecule has 4 N–H and O–H groups in total. The summed E-state index contributed by atoms with van der Waals surface area (Å²) >= 11 is 1.93. The molecule has 0 fully saturated rings. The Labute approximate surface area is 112 Å². The van der Waals surface area contributed by atoms with E-state index in [1.165, 1.54) is 6.07 Å². The predicted octanol–water partition coefficient (Wildman–Crippen LogP) is 2.35. The van der Waals surface area contributed by atoms with Crippen LogP contribution in [0.3, 0.4) is 0 Å². The molecule has 0 unspecified atom stereocenters. The molecule has 0 bridgehead atoms. The van der Waals surface area contributed by atoms with Crippen LogP contribution in [-0.4, -0.2) is 20.2 Å². The number of anilines is 1. The van der Waals surface area contributed by atoms with Gasteiger partial charge in [0, 0.05) is 11.3 Å². The Morgan fingerprint density at radius 1 is 1.29 bits per heavy atom. The van der Waals surface area contributed by atoms with Crippen LogP contribution in [-0.2, 0) is 0 Å². The SMILES string of the molecule is CC(C)c1nc(N)c2cc(O)c(O)c(I)c2n1. The Kier molecular flexibility index (Phi) is 2.98. The normalized spacial score (nSPS) is 11.3. The van der Waals surface area contributed by atoms with Crippen LogP contribution in [0.2, 0.25) is 0 Å². The van der Waals surface area contributed by atoms with Crippen molar-refractivity contribution >= 4 is 39.3 Å². The van der Waals surface area contributed by atoms with Crippen molar-refractivity contribution in [1.82, 2.24) is 9.97 Å². The van der Waals surface area contributed by atoms with Gasteiger partial charge in [0.05, 0.1) is 9.09 Å². The molecule has 0 radical (unpaired) electrons. The minimum Gasteiger partial charge on any atom is -0.504 e. The molecule has 1 aromatic heterocycles. The molecule has 2 aromatic rings. The maximum absolute atomic E-state index is 9.67. The van der Waals surface area contributed by atoms with Gasteiger partial charge in [0.25, 0.3) is 0 Å². The molecule has 0 aliphatic heterocycles. The molecule has 0 atom stereocenters. The van der Waals surface area contributed by atoms with Gasteiger partial charge in [-0.15, -0.1) is 0 Å². The molecule has 0 saturated heterocycles. The highest BCUT2D eigenvalue weighted by Crippen LogP contribution is 2.37. The molecule has 0 aliphatic carbocycles. The van der Waals surface area contributed by atoms with Crippen LogP contribution in [0.15, 0.2) is 6.07 Å². The fourth-order valence-corrected chi connectivity index (χ4v) is 2.19. The molecule has 0 aliphatic rings. The average molecular weight is 345 g/mol. The quantitative estimate of drug-likeness (QED) is 0.545. The Morgan fingerprint density at radius 3 is 2.53 bits per heavy atom. The number of aromatic hydroxyl groups is 2. The molecular weight excluding hydrogens is 333 g/mol. The molecular formula is C11H12IN3O2. The van der Waals surface area contributed by atoms with E-state index in [-0.39, 0.29) is 17.4 Å². The fraction of sp³-hybridized carbons (Fsp3) is 0.273. The van der Waals surface area contributed by atoms with E-state index in [0.717, 1.165) is 0 Å². The van der Waals surface area contributed by atoms with Gasteiger partial charge in [0.2, 0.25) is 0 Å². The molecule has 6 heteroatoms. The highest BCUT2D eigenvalue weighted by atomic mass is 127. The van der Waals surface area contributed by atoms with E-state index in [1.807, 2.05) is 36.4 Å². The van der Waals surface area contributed by atoms with E-state index in [1.54, 1.807) is 0 Å². The first-order valence-electron chi connectivity index (χ1n) is 5.09. The summed E-state index contributed by atoms with van der Waals surface area (Å²) < 4.78 is 0.480. The summed E-state index contributed by atoms with van der Waals surface area (Å²) in [6.07, 6.45) is 0. The minimum atomic E-state index is -0.213. The van der Waals surface area contributed by atoms with Crippen LogP contribution in [0.4, 0.5) is 5.82 Å². The topological polar surface area (TPSA) is 92.3 Å². The lowest BCUT2D eigenvalue weighted by atomic mass is 10.1. The minimum absolute atomic E-state index is 0.147. The van der Waals surface area contributed by atoms with Crippen molar-refractivity contribution in [2.45, 2.75) is 19.8 Å². The molecule has 0 spiro atoms. The molecule has 1 aromatic carbocycles. The smallest absolute Gasteiger partial charge is 0.173 e. The number of halogens is 1. The zero-order valence-electron chi connectivity index (χ0n) is 9.40. The highest BCUT2D eigenvalue weighted by Gasteiger charge is 2.16. The maximum atomic E-state index is 9.67. The van der Waals surface area contributed by atoms with Crippen LogP contribution >= 0.6 is 22.6 Å². The molecule has 1 heterocycles. The standard InChI is InChI=1S/C11H12IN3O2/c1-4(2)11-14-8-5(10(13)15-11)3-6(16)9(17)7(8)12/h3-4,16-17H,1-2H3,(H2,13,14,15). The number of hydrogen-bond donors (Lipinski definition) is 3. The van der Waals surface area contributed by atoms with E-state index in [2.05, 4.69) is 9.97 Å². The number of nitrogens with zero attached hydrogens (tertiary/aromatic N) is 2. The van der Waals surface area contributed by atoms with Crippen LogP contribution < -0.4 is 5.73 Å². The van der Waals surface area contributed by atoms with Gasteiger partial charge < -0.3 is 15.9 Å². The summed E-state index contributed by atoms with van der Waals surface area (Å²) in [7, 11) is 0. The summed E-state index contributed by atoms with van der Waals surface area (Å²) in [6.45, 7) is 3.93. The second-order valence-corrected chi connectivity index (χ2v) is 5.15. The number of fused-ring (bicyclic) bond motifs is 1. The van der Waals surface area contributed by atoms with Crippen LogP contribution in [0.5, 0.6) is 11.5 Å². The Balaban J connectivity index is 2.88. The zero-order chi connectivity index (χ0) is 12.7. The monoisotopic (exact) mass is 345 g/mol. The van der Waals surface area contributed by atoms with E-state index < -0.39 is 0 Å². The van der Waals surface area contributed by atoms with Gasteiger partial charge in [-0.05, 0) is 28.7 Å². The van der Waals surface area contributed by atoms with Crippen LogP contribution in [0.25, 0.3) is 10.9 Å². The Hall–Kier alpha value is -1.31. The summed E-state index contributed by atoms with van der Waals surface area (Å²) in [5.41, 5.74) is 6.40. The van der Waals surface area contributed by atoms with Crippen molar-refractivity contribution < 1.29 is 10.2 Å². The summed E-state index contributed by atoms with van der Waals surface area (Å²) in [4.78, 5) is 8.55. The van der Waals surface area contributed by atoms with Gasteiger partial charge in [-0.3, -0.25) is 0 Å². The first kappa shape index (κ1) is 12.2. The van der Waals surface area contributed by atoms with Gasteiger partial charge in [0.1, 0.15) is 11.6 Å². The lowest BCUT2D eigenvalue weighted by Gasteiger charge is -2.10. The first-order chi connectivity index (χ1) is 7.91. The number of hydrogen-bond acceptors (Lipinski definition) is 5. The van der Waals surface area contributed by atoms with Gasteiger partial charge in [-0.1, -0.05) is 13.8 Å². The van der Waals surface area contributed by atoms with Gasteiger partial charge in [-0.2, -0.15) is 0 Å². The fourth-order valence-electron chi connectivity index (χ4n) is 1.50. The van der Waals surface area contributed by atoms with Crippen LogP contribution in [0.1, 0.15) is 25.6 Å². The maximum Gasteiger partial charge on any atom is 0.173 e. The molecule has 17 heavy (non-hydrogen) atoms. The van der Waals surface area contributed by atoms with Crippen molar-refractivity contribution in [3.63, 3.8) is 0 Å². The lowest BCUT2D eigenvalue weighted by molar-refractivity contribution is 0.402. The van der Waals surface area contributed by atoms with Gasteiger partial charge in [0.15, 0.2) is 11.5 Å². The zero-order valence-corrected chi connectivity index (χ0v) is 11.6. The number of phenolic OH excluding ortho intramolecular Hbond substituents is 2. The summed E-state index contributed by atoms with van der Waals surface area (Å²) in [5, 5.41) is 19.8. The molecule has 5 nitrogen and oxygen atoms in total. The molecule has 0 saturated carbocycles. The number of phenols is 2. The number of benzene rings is 1. The summed E-state index contributed by atoms with van der Waals surface area (Å²) in [5.74, 6) is 0.693. The molecule has 0 amide bonds. The van der Waals surface area contributed by atoms with Crippen molar-refractivity contribution in [3.8, 4) is 11.5 Å². The lowest BCUT2D eigenvalue weighted by Crippen LogP contribution is -2.03. The van der Waals surface area contributed by atoms with E-state index in [4.69, 9.17) is 5.73 Å².